The first-order chi connectivity index (χ1) is 11.5. The van der Waals surface area contributed by atoms with Crippen molar-refractivity contribution in [3.63, 3.8) is 0 Å². The van der Waals surface area contributed by atoms with Gasteiger partial charge in [0.15, 0.2) is 11.6 Å². The van der Waals surface area contributed by atoms with Crippen LogP contribution in [0.1, 0.15) is 38.1 Å². The molecule has 0 saturated carbocycles. The Morgan fingerprint density at radius 1 is 1.24 bits per heavy atom. The van der Waals surface area contributed by atoms with Crippen LogP contribution in [-0.2, 0) is 4.74 Å². The summed E-state index contributed by atoms with van der Waals surface area (Å²) in [5, 5.41) is 0. The van der Waals surface area contributed by atoms with Crippen LogP contribution in [0.15, 0.2) is 16.6 Å². The number of halogens is 3. The van der Waals surface area contributed by atoms with Crippen LogP contribution in [0.25, 0.3) is 0 Å². The van der Waals surface area contributed by atoms with Crippen LogP contribution in [0.4, 0.5) is 13.6 Å². The molecule has 0 aromatic heterocycles. The van der Waals surface area contributed by atoms with Crippen molar-refractivity contribution in [3.8, 4) is 0 Å². The number of carbonyl (C=O) groups excluding carboxylic acids is 2. The number of hydrogen-bond donors (Lipinski definition) is 0. The molecule has 25 heavy (non-hydrogen) atoms. The van der Waals surface area contributed by atoms with Crippen molar-refractivity contribution in [3.05, 3.63) is 33.8 Å². The lowest BCUT2D eigenvalue weighted by molar-refractivity contribution is 0.00189. The smallest absolute Gasteiger partial charge is 0.410 e. The highest BCUT2D eigenvalue weighted by Crippen LogP contribution is 2.22. The topological polar surface area (TPSA) is 49.9 Å². The summed E-state index contributed by atoms with van der Waals surface area (Å²) in [5.74, 6) is -2.86. The summed E-state index contributed by atoms with van der Waals surface area (Å²) in [6.07, 6.45) is -0.452. The minimum absolute atomic E-state index is 0.214. The van der Waals surface area contributed by atoms with Crippen LogP contribution in [0.2, 0.25) is 0 Å². The van der Waals surface area contributed by atoms with Gasteiger partial charge in [0.25, 0.3) is 5.91 Å². The molecule has 1 atom stereocenters. The van der Waals surface area contributed by atoms with Gasteiger partial charge in [-0.25, -0.2) is 13.6 Å². The summed E-state index contributed by atoms with van der Waals surface area (Å²) in [7, 11) is 0. The van der Waals surface area contributed by atoms with E-state index in [0.29, 0.717) is 0 Å². The number of rotatable bonds is 1. The number of nitrogens with zero attached hydrogens (tertiary/aromatic N) is 2. The highest BCUT2D eigenvalue weighted by atomic mass is 79.9. The molecule has 0 unspecified atom stereocenters. The lowest BCUT2D eigenvalue weighted by Crippen LogP contribution is -2.56. The van der Waals surface area contributed by atoms with Gasteiger partial charge in [-0.05, 0) is 39.8 Å². The second-order valence-electron chi connectivity index (χ2n) is 7.02. The number of piperazine rings is 1. The van der Waals surface area contributed by atoms with Crippen molar-refractivity contribution >= 4 is 27.9 Å². The molecule has 1 fully saturated rings. The van der Waals surface area contributed by atoms with E-state index in [2.05, 4.69) is 15.9 Å². The van der Waals surface area contributed by atoms with E-state index >= 15 is 0 Å². The summed E-state index contributed by atoms with van der Waals surface area (Å²) in [5.41, 5.74) is -0.939. The molecule has 138 valence electrons. The normalized spacial score (nSPS) is 18.3. The fourth-order valence-electron chi connectivity index (χ4n) is 2.62. The van der Waals surface area contributed by atoms with Crippen LogP contribution in [-0.4, -0.2) is 53.1 Å². The SMILES string of the molecule is C[C@H]1CN(C(=O)c2cc(Br)cc(F)c2F)CCN1C(=O)OC(C)(C)C. The fraction of sp³-hybridized carbons (Fsp3) is 0.529. The summed E-state index contributed by atoms with van der Waals surface area (Å²) in [6, 6.07) is 1.92. The maximum atomic E-state index is 13.9. The Morgan fingerprint density at radius 3 is 2.44 bits per heavy atom. The Bertz CT molecular complexity index is 691. The van der Waals surface area contributed by atoms with Gasteiger partial charge in [0.1, 0.15) is 5.60 Å². The maximum Gasteiger partial charge on any atom is 0.410 e. The zero-order chi connectivity index (χ0) is 18.9. The lowest BCUT2D eigenvalue weighted by Gasteiger charge is -2.40. The Labute approximate surface area is 154 Å². The first-order valence-electron chi connectivity index (χ1n) is 7.93. The molecule has 1 aliphatic heterocycles. The first-order valence-corrected chi connectivity index (χ1v) is 8.72. The average Bonchev–Trinajstić information content (AvgIpc) is 2.48. The largest absolute Gasteiger partial charge is 0.444 e. The van der Waals surface area contributed by atoms with Crippen LogP contribution in [0.5, 0.6) is 0 Å². The van der Waals surface area contributed by atoms with Crippen LogP contribution in [0.3, 0.4) is 0 Å². The number of hydrogen-bond acceptors (Lipinski definition) is 3. The predicted molar refractivity (Wildman–Crippen MR) is 92.4 cm³/mol. The Morgan fingerprint density at radius 2 is 1.88 bits per heavy atom. The summed E-state index contributed by atoms with van der Waals surface area (Å²) >= 11 is 3.06. The molecule has 5 nitrogen and oxygen atoms in total. The van der Waals surface area contributed by atoms with Crippen molar-refractivity contribution in [1.29, 1.82) is 0 Å². The molecule has 1 heterocycles. The third-order valence-electron chi connectivity index (χ3n) is 3.77. The van der Waals surface area contributed by atoms with Crippen molar-refractivity contribution in [2.24, 2.45) is 0 Å². The van der Waals surface area contributed by atoms with E-state index in [1.54, 1.807) is 27.7 Å². The van der Waals surface area contributed by atoms with E-state index in [4.69, 9.17) is 4.74 Å². The zero-order valence-corrected chi connectivity index (χ0v) is 16.2. The molecule has 0 spiro atoms. The first kappa shape index (κ1) is 19.6. The molecular weight excluding hydrogens is 398 g/mol. The van der Waals surface area contributed by atoms with Gasteiger partial charge in [-0.3, -0.25) is 4.79 Å². The molecule has 0 bridgehead atoms. The van der Waals surface area contributed by atoms with Gasteiger partial charge in [-0.2, -0.15) is 0 Å². The molecule has 0 N–H and O–H groups in total. The van der Waals surface area contributed by atoms with E-state index in [1.165, 1.54) is 15.9 Å². The zero-order valence-electron chi connectivity index (χ0n) is 14.6. The van der Waals surface area contributed by atoms with Gasteiger partial charge >= 0.3 is 6.09 Å². The fourth-order valence-corrected chi connectivity index (χ4v) is 3.05. The van der Waals surface area contributed by atoms with Crippen molar-refractivity contribution < 1.29 is 23.1 Å². The minimum atomic E-state index is -1.17. The quantitative estimate of drug-likeness (QED) is 0.651. The van der Waals surface area contributed by atoms with Crippen LogP contribution < -0.4 is 0 Å². The number of carbonyl (C=O) groups is 2. The number of ether oxygens (including phenoxy) is 1. The molecule has 1 saturated heterocycles. The molecule has 2 rings (SSSR count). The van der Waals surface area contributed by atoms with E-state index in [-0.39, 0.29) is 35.7 Å². The molecular formula is C17H21BrF2N2O3. The van der Waals surface area contributed by atoms with Crippen molar-refractivity contribution in [1.82, 2.24) is 9.80 Å². The van der Waals surface area contributed by atoms with E-state index in [0.717, 1.165) is 6.07 Å². The molecule has 0 radical (unpaired) electrons. The van der Waals surface area contributed by atoms with Crippen LogP contribution >= 0.6 is 15.9 Å². The van der Waals surface area contributed by atoms with Crippen LogP contribution in [0, 0.1) is 11.6 Å². The van der Waals surface area contributed by atoms with Crippen molar-refractivity contribution in [2.75, 3.05) is 19.6 Å². The second kappa shape index (κ2) is 7.27. The molecule has 2 amide bonds. The summed E-state index contributed by atoms with van der Waals surface area (Å²) in [6.45, 7) is 7.81. The molecule has 8 heteroatoms. The minimum Gasteiger partial charge on any atom is -0.444 e. The Balaban J connectivity index is 2.10. The highest BCUT2D eigenvalue weighted by molar-refractivity contribution is 9.10. The Hall–Kier alpha value is -1.70. The Kier molecular flexibility index (Phi) is 5.71. The maximum absolute atomic E-state index is 13.9. The third kappa shape index (κ3) is 4.68. The van der Waals surface area contributed by atoms with Gasteiger partial charge in [-0.15, -0.1) is 0 Å². The second-order valence-corrected chi connectivity index (χ2v) is 7.94. The van der Waals surface area contributed by atoms with Crippen molar-refractivity contribution in [2.45, 2.75) is 39.3 Å². The third-order valence-corrected chi connectivity index (χ3v) is 4.22. The van der Waals surface area contributed by atoms with Gasteiger partial charge < -0.3 is 14.5 Å². The predicted octanol–water partition coefficient (Wildman–Crippen LogP) is 3.81. The molecule has 1 aromatic rings. The summed E-state index contributed by atoms with van der Waals surface area (Å²) < 4.78 is 33.1. The molecule has 0 aliphatic carbocycles. The van der Waals surface area contributed by atoms with Gasteiger partial charge in [0.2, 0.25) is 0 Å². The van der Waals surface area contributed by atoms with E-state index in [1.807, 2.05) is 0 Å². The summed E-state index contributed by atoms with van der Waals surface area (Å²) in [4.78, 5) is 27.7. The lowest BCUT2D eigenvalue weighted by atomic mass is 10.1. The monoisotopic (exact) mass is 418 g/mol. The van der Waals surface area contributed by atoms with E-state index < -0.39 is 29.2 Å². The molecule has 1 aromatic carbocycles. The van der Waals surface area contributed by atoms with Gasteiger partial charge in [0.05, 0.1) is 5.56 Å². The van der Waals surface area contributed by atoms with Gasteiger partial charge in [-0.1, -0.05) is 15.9 Å². The standard InChI is InChI=1S/C17H21BrF2N2O3/c1-10-9-21(5-6-22(10)16(24)25-17(2,3)4)15(23)12-7-11(18)8-13(19)14(12)20/h7-8,10H,5-6,9H2,1-4H3/t10-/m0/s1. The molecule has 1 aliphatic rings. The average molecular weight is 419 g/mol. The number of benzene rings is 1. The highest BCUT2D eigenvalue weighted by Gasteiger charge is 2.33. The van der Waals surface area contributed by atoms with Gasteiger partial charge in [0, 0.05) is 30.1 Å². The van der Waals surface area contributed by atoms with E-state index in [9.17, 15) is 18.4 Å². The number of amides is 2.